The molecule has 0 spiro atoms. The van der Waals surface area contributed by atoms with E-state index < -0.39 is 34.0 Å². The van der Waals surface area contributed by atoms with Crippen molar-refractivity contribution in [3.8, 4) is 22.3 Å². The molecule has 7 aromatic heterocycles. The molecule has 1 saturated heterocycles. The number of hydrogen-bond acceptors (Lipinski definition) is 21. The monoisotopic (exact) mass is 1560 g/mol. The SMILES string of the molecule is CC(C)(C)c1cc2c(s1)C(=O)N(Cc1ccc(-c3ccnc(N)c3N)cc1F)C2.CC(C)(C)c1cc2c(s1)C(=O)N(Cc1ccc(-c3ccnc(N)c3[N+](=O)[O-])cc1F)C2.CC(C)(C)c1cc2c(s1)C(=O)N(Cc1ccc(B3OC(C)(C)C(C)(C)O3)cc1F)C2.Cn1cc(C=O)cn1.Nc1nccc(Cl)c1[N+](=O)[O-]. The van der Waals surface area contributed by atoms with Crippen LogP contribution in [-0.4, -0.2) is 91.6 Å². The lowest BCUT2D eigenvalue weighted by atomic mass is 9.78. The first kappa shape index (κ1) is 81.1. The van der Waals surface area contributed by atoms with Crippen molar-refractivity contribution in [1.29, 1.82) is 0 Å². The lowest BCUT2D eigenvalue weighted by Crippen LogP contribution is -2.41. The first-order valence-electron chi connectivity index (χ1n) is 34.3. The molecule has 0 saturated carbocycles. The molecule has 10 aromatic rings. The van der Waals surface area contributed by atoms with Gasteiger partial charge in [-0.25, -0.2) is 28.1 Å². The van der Waals surface area contributed by atoms with Gasteiger partial charge in [-0.15, -0.1) is 34.0 Å². The maximum atomic E-state index is 14.9. The predicted octanol–water partition coefficient (Wildman–Crippen LogP) is 15.6. The van der Waals surface area contributed by atoms with Crippen LogP contribution in [0.1, 0.15) is 177 Å². The molecular weight excluding hydrogens is 1480 g/mol. The first-order valence-corrected chi connectivity index (χ1v) is 37.1. The normalized spacial score (nSPS) is 14.7. The molecule has 570 valence electrons. The van der Waals surface area contributed by atoms with Gasteiger partial charge in [-0.3, -0.25) is 44.1 Å². The van der Waals surface area contributed by atoms with Gasteiger partial charge >= 0.3 is 18.5 Å². The number of thiophene rings is 3. The highest BCUT2D eigenvalue weighted by Crippen LogP contribution is 2.43. The Bertz CT molecular complexity index is 5160. The second-order valence-electron chi connectivity index (χ2n) is 30.5. The third-order valence-electron chi connectivity index (χ3n) is 18.7. The molecule has 32 heteroatoms. The minimum Gasteiger partial charge on any atom is -0.399 e. The zero-order valence-corrected chi connectivity index (χ0v) is 65.8. The molecule has 24 nitrogen and oxygen atoms in total. The van der Waals surface area contributed by atoms with E-state index in [9.17, 15) is 52.6 Å². The van der Waals surface area contributed by atoms with Gasteiger partial charge in [-0.05, 0) is 132 Å². The third kappa shape index (κ3) is 18.0. The van der Waals surface area contributed by atoms with E-state index in [1.165, 1.54) is 70.0 Å². The summed E-state index contributed by atoms with van der Waals surface area (Å²) >= 11 is 10.1. The maximum Gasteiger partial charge on any atom is 0.494 e. The molecule has 3 amide bonds. The number of nitrogens with zero attached hydrogens (tertiary/aromatic N) is 10. The van der Waals surface area contributed by atoms with Crippen LogP contribution in [-0.2, 0) is 71.9 Å². The average molecular weight is 1560 g/mol. The fourth-order valence-electron chi connectivity index (χ4n) is 11.8. The van der Waals surface area contributed by atoms with Crippen molar-refractivity contribution in [3.05, 3.63) is 233 Å². The maximum absolute atomic E-state index is 14.9. The second-order valence-corrected chi connectivity index (χ2v) is 34.1. The van der Waals surface area contributed by atoms with Gasteiger partial charge in [-0.1, -0.05) is 110 Å². The number of halogens is 4. The van der Waals surface area contributed by atoms with Gasteiger partial charge in [0.2, 0.25) is 11.6 Å². The van der Waals surface area contributed by atoms with Gasteiger partial charge in [0, 0.05) is 108 Å². The Hall–Kier alpha value is -10.4. The van der Waals surface area contributed by atoms with Gasteiger partial charge in [0.15, 0.2) is 6.29 Å². The number of anilines is 4. The van der Waals surface area contributed by atoms with Crippen LogP contribution >= 0.6 is 45.6 Å². The zero-order chi connectivity index (χ0) is 79.9. The number of nitro groups is 2. The summed E-state index contributed by atoms with van der Waals surface area (Å²) in [5.41, 5.74) is 28.6. The minimum atomic E-state index is -0.662. The molecule has 11 heterocycles. The number of carbonyl (C=O) groups is 4. The highest BCUT2D eigenvalue weighted by atomic mass is 35.5. The van der Waals surface area contributed by atoms with Crippen LogP contribution in [0.2, 0.25) is 5.02 Å². The summed E-state index contributed by atoms with van der Waals surface area (Å²) in [5, 5.41) is 25.4. The number of pyridine rings is 3. The molecule has 0 bridgehead atoms. The van der Waals surface area contributed by atoms with E-state index in [2.05, 4.69) is 101 Å². The molecule has 0 aliphatic carbocycles. The van der Waals surface area contributed by atoms with E-state index in [1.54, 1.807) is 97.9 Å². The number of amides is 3. The highest BCUT2D eigenvalue weighted by molar-refractivity contribution is 7.15. The van der Waals surface area contributed by atoms with E-state index in [4.69, 9.17) is 43.8 Å². The number of nitrogens with two attached hydrogens (primary N) is 4. The van der Waals surface area contributed by atoms with Crippen LogP contribution in [0, 0.1) is 37.7 Å². The van der Waals surface area contributed by atoms with E-state index >= 15 is 0 Å². The van der Waals surface area contributed by atoms with Crippen LogP contribution in [0.15, 0.2) is 122 Å². The zero-order valence-electron chi connectivity index (χ0n) is 62.5. The summed E-state index contributed by atoms with van der Waals surface area (Å²) < 4.78 is 58.2. The molecule has 109 heavy (non-hydrogen) atoms. The Morgan fingerprint density at radius 2 is 0.936 bits per heavy atom. The molecule has 4 aliphatic heterocycles. The molecule has 8 N–H and O–H groups in total. The van der Waals surface area contributed by atoms with Gasteiger partial charge in [-0.2, -0.15) is 5.10 Å². The van der Waals surface area contributed by atoms with Crippen LogP contribution in [0.25, 0.3) is 22.3 Å². The summed E-state index contributed by atoms with van der Waals surface area (Å²) in [6, 6.07) is 25.0. The number of hydrogen-bond donors (Lipinski definition) is 4. The number of carbonyl (C=O) groups excluding carboxylic acids is 4. The third-order valence-corrected chi connectivity index (χ3v) is 23.8. The summed E-state index contributed by atoms with van der Waals surface area (Å²) in [6.07, 6.45) is 8.15. The van der Waals surface area contributed by atoms with Gasteiger partial charge < -0.3 is 46.9 Å². The van der Waals surface area contributed by atoms with Crippen molar-refractivity contribution in [3.63, 3.8) is 0 Å². The second kappa shape index (κ2) is 31.6. The first-order chi connectivity index (χ1) is 50.9. The molecule has 14 rings (SSSR count). The van der Waals surface area contributed by atoms with E-state index in [0.717, 1.165) is 37.6 Å². The number of aryl methyl sites for hydroxylation is 1. The number of rotatable bonds is 12. The van der Waals surface area contributed by atoms with Crippen molar-refractivity contribution in [2.75, 3.05) is 22.9 Å². The predicted molar refractivity (Wildman–Crippen MR) is 420 cm³/mol. The van der Waals surface area contributed by atoms with Crippen molar-refractivity contribution < 1.29 is 51.5 Å². The number of aldehydes is 1. The topological polar surface area (TPSA) is 343 Å². The number of nitrogen functional groups attached to an aromatic ring is 4. The summed E-state index contributed by atoms with van der Waals surface area (Å²) in [5.74, 6) is -1.59. The minimum absolute atomic E-state index is 0.00231. The standard InChI is InChI=1S/C23H29BFNO3S.C22H21FN4O3S.C22H23FN4OS.C5H4ClN3O2.C5H6N2O/c1-21(2,3)18-10-15-13-26(20(27)19(15)30-18)12-14-8-9-16(11-17(14)25)24-28-22(4,5)23(6,7)29-24;1-22(2,3)17-9-14-11-26(21(28)19(14)31-17)10-13-5-4-12(8-16(13)23)15-6-7-25-20(24)18(15)27(29)30;1-22(2,3)17-9-14-11-27(21(28)19(14)29-17)10-13-5-4-12(8-16(13)23)15-6-7-26-20(25)18(15)24;6-3-1-2-8-5(7)4(3)9(10)11;1-7-3-5(4-8)2-6-7/h8-11H,12-13H2,1-7H3;4-9H,10-11H2,1-3H3,(H2,24,25);4-9H,10-11,24H2,1-3H3,(H2,25,26);1-2H,(H2,7,8);2-4H,1H3. The Balaban J connectivity index is 0.000000155. The largest absolute Gasteiger partial charge is 0.494 e. The lowest BCUT2D eigenvalue weighted by molar-refractivity contribution is -0.384. The number of aromatic nitrogens is 5. The summed E-state index contributed by atoms with van der Waals surface area (Å²) in [4.78, 5) is 90.7. The van der Waals surface area contributed by atoms with Crippen LogP contribution in [0.4, 0.5) is 47.7 Å². The number of benzene rings is 3. The Labute approximate surface area is 645 Å². The number of fused-ring (bicyclic) bond motifs is 3. The van der Waals surface area contributed by atoms with Crippen molar-refractivity contribution >= 4 is 117 Å². The summed E-state index contributed by atoms with van der Waals surface area (Å²) in [7, 11) is 1.17. The van der Waals surface area contributed by atoms with Gasteiger partial charge in [0.1, 0.15) is 28.3 Å². The molecule has 3 aromatic carbocycles. The van der Waals surface area contributed by atoms with Crippen molar-refractivity contribution in [2.45, 2.75) is 157 Å². The van der Waals surface area contributed by atoms with Crippen LogP contribution in [0.3, 0.4) is 0 Å². The molecule has 0 atom stereocenters. The van der Waals surface area contributed by atoms with Crippen molar-refractivity contribution in [2.24, 2.45) is 7.05 Å². The molecule has 0 unspecified atom stereocenters. The van der Waals surface area contributed by atoms with E-state index in [1.807, 2.05) is 33.8 Å². The molecule has 1 fully saturated rings. The quantitative estimate of drug-likeness (QED) is 0.0382. The van der Waals surface area contributed by atoms with E-state index in [0.29, 0.717) is 74.6 Å². The summed E-state index contributed by atoms with van der Waals surface area (Å²) in [6.45, 7) is 29.1. The van der Waals surface area contributed by atoms with Crippen LogP contribution in [0.5, 0.6) is 0 Å². The molecular formula is C77H83BClF3N14O10S3. The average Bonchev–Trinajstić information content (AvgIpc) is 1.67. The highest BCUT2D eigenvalue weighted by Gasteiger charge is 2.52. The molecule has 4 aliphatic rings. The van der Waals surface area contributed by atoms with Gasteiger partial charge in [0.25, 0.3) is 17.7 Å². The van der Waals surface area contributed by atoms with Crippen molar-refractivity contribution in [1.82, 2.24) is 39.4 Å². The van der Waals surface area contributed by atoms with Gasteiger partial charge in [0.05, 0.1) is 58.7 Å². The Kier molecular flexibility index (Phi) is 23.5. The smallest absolute Gasteiger partial charge is 0.399 e. The fraction of sp³-hybridized carbons (Fsp3) is 0.325. The fourth-order valence-corrected chi connectivity index (χ4v) is 15.6. The van der Waals surface area contributed by atoms with E-state index in [-0.39, 0.29) is 105 Å². The Morgan fingerprint density at radius 3 is 1.28 bits per heavy atom. The lowest BCUT2D eigenvalue weighted by Gasteiger charge is -2.32. The molecule has 0 radical (unpaired) electrons. The Morgan fingerprint density at radius 1 is 0.560 bits per heavy atom. The van der Waals surface area contributed by atoms with Crippen LogP contribution < -0.4 is 28.4 Å².